The third kappa shape index (κ3) is 11.6. The molecule has 0 saturated carbocycles. The Bertz CT molecular complexity index is 111. The highest BCUT2D eigenvalue weighted by atomic mass is 32.6. The van der Waals surface area contributed by atoms with E-state index in [-0.39, 0.29) is 0 Å². The van der Waals surface area contributed by atoms with Gasteiger partial charge in [-0.2, -0.15) is 0 Å². The van der Waals surface area contributed by atoms with Crippen molar-refractivity contribution >= 4 is 27.7 Å². The Hall–Kier alpha value is 0.870. The minimum absolute atomic E-state index is 0.417. The molecule has 5 heteroatoms. The molecule has 0 bridgehead atoms. The molecule has 0 rings (SSSR count). The summed E-state index contributed by atoms with van der Waals surface area (Å²) in [6, 6.07) is 0. The first-order valence-corrected chi connectivity index (χ1v) is 6.19. The molecular weight excluding hydrogens is 186 g/mol. The second kappa shape index (κ2) is 7.97. The molecule has 10 heavy (non-hydrogen) atoms. The Morgan fingerprint density at radius 3 is 1.70 bits per heavy atom. The van der Waals surface area contributed by atoms with E-state index in [1.807, 2.05) is 13.8 Å². The average molecular weight is 203 g/mol. The topological polar surface area (TPSA) is 18.5 Å². The second-order valence-electron chi connectivity index (χ2n) is 1.91. The fourth-order valence-electron chi connectivity index (χ4n) is 0.0833. The lowest BCUT2D eigenvalue weighted by atomic mass is 10.4. The predicted molar refractivity (Wildman–Crippen MR) is 53.5 cm³/mol. The fraction of sp³-hybridized carbons (Fsp3) is 1.00. The van der Waals surface area contributed by atoms with Crippen LogP contribution in [0, 0.1) is 0 Å². The largest absolute Gasteiger partial charge is 0.355 e. The number of methoxy groups -OCH3 is 2. The molecule has 0 aliphatic rings. The zero-order valence-electron chi connectivity index (χ0n) is 7.75. The van der Waals surface area contributed by atoms with Crippen LogP contribution in [0.1, 0.15) is 13.8 Å². The van der Waals surface area contributed by atoms with Gasteiger partial charge in [-0.05, 0) is 13.8 Å². The maximum Gasteiger partial charge on any atom is 0.355 e. The molecule has 0 heterocycles. The standard InChI is InChI=1S/C5H12O2.H2P2S/c1-5(2,6-3)7-4;1-2-3/h1-4H3;1H2/p+1/i/hT. The molecule has 0 fully saturated rings. The third-order valence-electron chi connectivity index (χ3n) is 0.983. The van der Waals surface area contributed by atoms with Crippen molar-refractivity contribution in [2.75, 3.05) is 14.2 Å². The third-order valence-corrected chi connectivity index (χ3v) is 0.983. The molecule has 0 spiro atoms. The molecule has 0 aliphatic heterocycles. The van der Waals surface area contributed by atoms with E-state index in [9.17, 15) is 0 Å². The van der Waals surface area contributed by atoms with Crippen LogP contribution in [0.25, 0.3) is 0 Å². The summed E-state index contributed by atoms with van der Waals surface area (Å²) in [5.41, 5.74) is 0. The lowest BCUT2D eigenvalue weighted by Gasteiger charge is -2.19. The average Bonchev–Trinajstić information content (AvgIpc) is 1.87. The Morgan fingerprint density at radius 2 is 1.70 bits per heavy atom. The summed E-state index contributed by atoms with van der Waals surface area (Å²) in [6.45, 7) is 2.84. The monoisotopic (exact) mass is 203 g/mol. The Kier molecular flexibility index (Phi) is 8.66. The summed E-state index contributed by atoms with van der Waals surface area (Å²) in [7, 11) is 5.43. The molecule has 0 N–H and O–H groups in total. The molecule has 62 valence electrons. The van der Waals surface area contributed by atoms with Crippen molar-refractivity contribution in [2.24, 2.45) is 0 Å². The van der Waals surface area contributed by atoms with E-state index in [1.54, 1.807) is 14.2 Å². The first-order valence-electron chi connectivity index (χ1n) is 3.11. The van der Waals surface area contributed by atoms with Gasteiger partial charge in [0.15, 0.2) is 24.6 Å². The molecule has 0 amide bonds. The minimum Gasteiger partial charge on any atom is -0.354 e. The van der Waals surface area contributed by atoms with Gasteiger partial charge in [0.2, 0.25) is 0 Å². The summed E-state index contributed by atoms with van der Waals surface area (Å²) in [6.07, 6.45) is 0. The van der Waals surface area contributed by atoms with Crippen molar-refractivity contribution < 1.29 is 9.47 Å². The maximum absolute atomic E-state index is 6.43. The summed E-state index contributed by atoms with van der Waals surface area (Å²) in [5.74, 6) is -0.417. The van der Waals surface area contributed by atoms with Crippen LogP contribution in [0.5, 0.6) is 0 Å². The summed E-state index contributed by atoms with van der Waals surface area (Å²) >= 11 is 4.31. The van der Waals surface area contributed by atoms with E-state index >= 15 is 0 Å². The molecule has 0 aromatic carbocycles. The molecule has 2 nitrogen and oxygen atoms in total. The highest BCUT2D eigenvalue weighted by Crippen LogP contribution is 2.05. The number of hydrogen-bond acceptors (Lipinski definition) is 3. The van der Waals surface area contributed by atoms with Crippen LogP contribution in [0.4, 0.5) is 0 Å². The van der Waals surface area contributed by atoms with E-state index < -0.39 is 12.8 Å². The van der Waals surface area contributed by atoms with Gasteiger partial charge < -0.3 is 9.47 Å². The molecule has 2 atom stereocenters. The Labute approximate surface area is 72.9 Å². The SMILES string of the molecule is COC(C)(C)OC.[3H][P+](P)=S. The van der Waals surface area contributed by atoms with Gasteiger partial charge in [-0.15, -0.1) is 0 Å². The van der Waals surface area contributed by atoms with E-state index in [0.29, 0.717) is 0 Å². The lowest BCUT2D eigenvalue weighted by Crippen LogP contribution is -2.24. The summed E-state index contributed by atoms with van der Waals surface area (Å²) in [4.78, 5) is 0. The molecule has 0 radical (unpaired) electrons. The van der Waals surface area contributed by atoms with Gasteiger partial charge >= 0.3 is 1.28 Å². The first-order chi connectivity index (χ1) is 4.85. The van der Waals surface area contributed by atoms with Crippen LogP contribution in [0.2, 0.25) is 0 Å². The minimum atomic E-state index is -0.870. The van der Waals surface area contributed by atoms with Gasteiger partial charge in [-0.1, -0.05) is 0 Å². The van der Waals surface area contributed by atoms with Gasteiger partial charge in [0.05, 0.1) is 8.93 Å². The highest BCUT2D eigenvalue weighted by Gasteiger charge is 2.11. The van der Waals surface area contributed by atoms with Crippen LogP contribution in [0.15, 0.2) is 0 Å². The molecular formula is C5H15O2P2S+. The number of rotatable bonds is 2. The van der Waals surface area contributed by atoms with Crippen molar-refractivity contribution in [2.45, 2.75) is 19.6 Å². The van der Waals surface area contributed by atoms with Gasteiger partial charge in [0.25, 0.3) is 0 Å². The van der Waals surface area contributed by atoms with E-state index in [1.165, 1.54) is 0 Å². The quantitative estimate of drug-likeness (QED) is 0.504. The molecule has 0 aromatic rings. The van der Waals surface area contributed by atoms with Gasteiger partial charge in [0, 0.05) is 14.2 Å². The molecule has 0 aromatic heterocycles. The van der Waals surface area contributed by atoms with E-state index in [0.717, 1.165) is 0 Å². The summed E-state index contributed by atoms with van der Waals surface area (Å²) < 4.78 is 16.2. The van der Waals surface area contributed by atoms with Crippen molar-refractivity contribution in [3.8, 4) is 0 Å². The van der Waals surface area contributed by atoms with Gasteiger partial charge in [-0.3, -0.25) is 0 Å². The highest BCUT2D eigenvalue weighted by molar-refractivity contribution is 8.24. The molecule has 0 aliphatic carbocycles. The number of ether oxygens (including phenoxy) is 2. The van der Waals surface area contributed by atoms with Crippen molar-refractivity contribution in [3.63, 3.8) is 0 Å². The van der Waals surface area contributed by atoms with Gasteiger partial charge in [-0.25, -0.2) is 0 Å². The van der Waals surface area contributed by atoms with Crippen LogP contribution >= 0.6 is 15.9 Å². The Morgan fingerprint density at radius 1 is 1.50 bits per heavy atom. The maximum atomic E-state index is 6.43. The molecule has 0 saturated heterocycles. The van der Waals surface area contributed by atoms with Crippen LogP contribution < -0.4 is 0 Å². The normalized spacial score (nSPS) is 12.9. The van der Waals surface area contributed by atoms with Crippen LogP contribution in [-0.4, -0.2) is 21.3 Å². The van der Waals surface area contributed by atoms with Crippen LogP contribution in [-0.2, 0) is 21.3 Å². The summed E-state index contributed by atoms with van der Waals surface area (Å²) in [5, 5.41) is 0. The van der Waals surface area contributed by atoms with Gasteiger partial charge in [0.1, 0.15) is 0 Å². The molecule has 2 unspecified atom stereocenters. The lowest BCUT2D eigenvalue weighted by molar-refractivity contribution is -0.178. The smallest absolute Gasteiger partial charge is 0.354 e. The Balaban J connectivity index is 0. The second-order valence-corrected chi connectivity index (χ2v) is 4.65. The van der Waals surface area contributed by atoms with Crippen molar-refractivity contribution in [3.05, 3.63) is 0 Å². The van der Waals surface area contributed by atoms with Crippen molar-refractivity contribution in [1.82, 2.24) is 0 Å². The first kappa shape index (κ1) is 10.9. The predicted octanol–water partition coefficient (Wildman–Crippen LogP) is 1.93. The fourth-order valence-corrected chi connectivity index (χ4v) is 0.0833. The zero-order chi connectivity index (χ0) is 9.49. The van der Waals surface area contributed by atoms with Crippen LogP contribution in [0.3, 0.4) is 0 Å². The van der Waals surface area contributed by atoms with Crippen molar-refractivity contribution in [1.29, 1.82) is 1.28 Å². The number of hydrogen-bond donors (Lipinski definition) is 0. The van der Waals surface area contributed by atoms with E-state index in [4.69, 9.17) is 10.8 Å². The van der Waals surface area contributed by atoms with E-state index in [2.05, 4.69) is 20.7 Å². The zero-order valence-corrected chi connectivity index (χ0v) is 9.61.